The van der Waals surface area contributed by atoms with Gasteiger partial charge in [0.05, 0.1) is 25.9 Å². The van der Waals surface area contributed by atoms with Gasteiger partial charge in [-0.2, -0.15) is 0 Å². The predicted octanol–water partition coefficient (Wildman–Crippen LogP) is 1.89. The number of hydrogen-bond donors (Lipinski definition) is 2. The molecule has 0 heterocycles. The van der Waals surface area contributed by atoms with Gasteiger partial charge in [0.2, 0.25) is 0 Å². The minimum Gasteiger partial charge on any atom is -0.389 e. The van der Waals surface area contributed by atoms with Crippen LogP contribution in [0.1, 0.15) is 25.5 Å². The summed E-state index contributed by atoms with van der Waals surface area (Å²) in [5, 5.41) is 12.9. The Kier molecular flexibility index (Phi) is 8.37. The first-order valence-corrected chi connectivity index (χ1v) is 6.96. The molecule has 2 N–H and O–H groups in total. The van der Waals surface area contributed by atoms with Crippen molar-refractivity contribution in [2.24, 2.45) is 0 Å². The van der Waals surface area contributed by atoms with Gasteiger partial charge in [0.1, 0.15) is 5.82 Å². The van der Waals surface area contributed by atoms with E-state index in [0.29, 0.717) is 26.4 Å². The average Bonchev–Trinajstić information content (AvgIpc) is 2.44. The highest BCUT2D eigenvalue weighted by Gasteiger charge is 2.09. The van der Waals surface area contributed by atoms with Gasteiger partial charge in [-0.1, -0.05) is 12.1 Å². The van der Waals surface area contributed by atoms with Gasteiger partial charge in [-0.3, -0.25) is 0 Å². The standard InChI is InChI=1S/C15H24FNO3/c1-3-19-7-8-20-11-15(18)10-17-12(2)13-5-4-6-14(16)9-13/h4-6,9,12,15,17-18H,3,7-8,10-11H2,1-2H3. The van der Waals surface area contributed by atoms with Gasteiger partial charge >= 0.3 is 0 Å². The largest absolute Gasteiger partial charge is 0.389 e. The molecule has 0 spiro atoms. The number of aliphatic hydroxyl groups excluding tert-OH is 1. The molecule has 0 aliphatic rings. The molecule has 0 aliphatic heterocycles. The topological polar surface area (TPSA) is 50.7 Å². The Morgan fingerprint density at radius 3 is 2.75 bits per heavy atom. The molecule has 5 heteroatoms. The van der Waals surface area contributed by atoms with Gasteiger partial charge in [0.15, 0.2) is 0 Å². The Bertz CT molecular complexity index is 376. The van der Waals surface area contributed by atoms with E-state index < -0.39 is 6.10 Å². The van der Waals surface area contributed by atoms with Crippen LogP contribution in [0.2, 0.25) is 0 Å². The second-order valence-corrected chi connectivity index (χ2v) is 4.61. The minimum atomic E-state index is -0.590. The van der Waals surface area contributed by atoms with Gasteiger partial charge in [-0.05, 0) is 31.5 Å². The van der Waals surface area contributed by atoms with Gasteiger partial charge in [0.25, 0.3) is 0 Å². The molecule has 2 unspecified atom stereocenters. The smallest absolute Gasteiger partial charge is 0.123 e. The zero-order chi connectivity index (χ0) is 14.8. The van der Waals surface area contributed by atoms with Crippen LogP contribution in [0.5, 0.6) is 0 Å². The molecule has 0 fully saturated rings. The van der Waals surface area contributed by atoms with E-state index in [0.717, 1.165) is 5.56 Å². The number of rotatable bonds is 10. The first-order chi connectivity index (χ1) is 9.63. The van der Waals surface area contributed by atoms with Crippen LogP contribution in [0, 0.1) is 5.82 Å². The lowest BCUT2D eigenvalue weighted by atomic mass is 10.1. The van der Waals surface area contributed by atoms with Gasteiger partial charge in [-0.15, -0.1) is 0 Å². The third-order valence-electron chi connectivity index (χ3n) is 2.89. The Morgan fingerprint density at radius 1 is 1.30 bits per heavy atom. The van der Waals surface area contributed by atoms with Crippen LogP contribution >= 0.6 is 0 Å². The molecule has 0 saturated heterocycles. The molecule has 1 aromatic rings. The number of ether oxygens (including phenoxy) is 2. The lowest BCUT2D eigenvalue weighted by molar-refractivity contribution is 0.00586. The molecule has 114 valence electrons. The lowest BCUT2D eigenvalue weighted by Gasteiger charge is -2.17. The molecule has 0 aliphatic carbocycles. The van der Waals surface area contributed by atoms with Crippen LogP contribution in [-0.2, 0) is 9.47 Å². The first kappa shape index (κ1) is 17.0. The molecule has 0 amide bonds. The van der Waals surface area contributed by atoms with E-state index in [1.165, 1.54) is 12.1 Å². The lowest BCUT2D eigenvalue weighted by Crippen LogP contribution is -2.32. The molecule has 0 bridgehead atoms. The van der Waals surface area contributed by atoms with Crippen LogP contribution < -0.4 is 5.32 Å². The summed E-state index contributed by atoms with van der Waals surface area (Å²) < 4.78 is 23.5. The summed E-state index contributed by atoms with van der Waals surface area (Å²) in [6, 6.07) is 6.41. The first-order valence-electron chi connectivity index (χ1n) is 6.96. The van der Waals surface area contributed by atoms with E-state index in [2.05, 4.69) is 5.32 Å². The number of nitrogens with one attached hydrogen (secondary N) is 1. The Labute approximate surface area is 119 Å². The number of aliphatic hydroxyl groups is 1. The van der Waals surface area contributed by atoms with Crippen molar-refractivity contribution < 1.29 is 19.0 Å². The van der Waals surface area contributed by atoms with E-state index >= 15 is 0 Å². The molecule has 0 aromatic heterocycles. The van der Waals surface area contributed by atoms with Crippen molar-refractivity contribution in [1.82, 2.24) is 5.32 Å². The third kappa shape index (κ3) is 6.96. The van der Waals surface area contributed by atoms with Crippen molar-refractivity contribution in [3.8, 4) is 0 Å². The second kappa shape index (κ2) is 9.83. The number of hydrogen-bond acceptors (Lipinski definition) is 4. The SMILES string of the molecule is CCOCCOCC(O)CNC(C)c1cccc(F)c1. The number of benzene rings is 1. The molecule has 1 aromatic carbocycles. The zero-order valence-corrected chi connectivity index (χ0v) is 12.1. The number of halogens is 1. The van der Waals surface area contributed by atoms with Crippen molar-refractivity contribution in [1.29, 1.82) is 0 Å². The van der Waals surface area contributed by atoms with E-state index in [4.69, 9.17) is 9.47 Å². The summed E-state index contributed by atoms with van der Waals surface area (Å²) in [4.78, 5) is 0. The van der Waals surface area contributed by atoms with E-state index in [1.807, 2.05) is 19.9 Å². The summed E-state index contributed by atoms with van der Waals surface area (Å²) in [6.07, 6.45) is -0.590. The summed E-state index contributed by atoms with van der Waals surface area (Å²) in [6.45, 7) is 6.19. The Hall–Kier alpha value is -1.01. The van der Waals surface area contributed by atoms with E-state index in [-0.39, 0.29) is 18.5 Å². The highest BCUT2D eigenvalue weighted by Crippen LogP contribution is 2.13. The molecule has 4 nitrogen and oxygen atoms in total. The molecule has 2 atom stereocenters. The highest BCUT2D eigenvalue weighted by atomic mass is 19.1. The van der Waals surface area contributed by atoms with Crippen LogP contribution in [0.4, 0.5) is 4.39 Å². The highest BCUT2D eigenvalue weighted by molar-refractivity contribution is 5.19. The Balaban J connectivity index is 2.18. The summed E-state index contributed by atoms with van der Waals surface area (Å²) in [5.74, 6) is -0.254. The molecule has 20 heavy (non-hydrogen) atoms. The zero-order valence-electron chi connectivity index (χ0n) is 12.1. The van der Waals surface area contributed by atoms with Crippen LogP contribution in [0.3, 0.4) is 0 Å². The fourth-order valence-corrected chi connectivity index (χ4v) is 1.75. The maximum Gasteiger partial charge on any atom is 0.123 e. The van der Waals surface area contributed by atoms with Crippen molar-refractivity contribution in [3.05, 3.63) is 35.6 Å². The van der Waals surface area contributed by atoms with Crippen LogP contribution in [0.15, 0.2) is 24.3 Å². The maximum atomic E-state index is 13.1. The van der Waals surface area contributed by atoms with E-state index in [9.17, 15) is 9.50 Å². The maximum absolute atomic E-state index is 13.1. The second-order valence-electron chi connectivity index (χ2n) is 4.61. The predicted molar refractivity (Wildman–Crippen MR) is 76.1 cm³/mol. The van der Waals surface area contributed by atoms with Crippen molar-refractivity contribution >= 4 is 0 Å². The molecule has 1 rings (SSSR count). The minimum absolute atomic E-state index is 0.0243. The van der Waals surface area contributed by atoms with Crippen LogP contribution in [0.25, 0.3) is 0 Å². The average molecular weight is 285 g/mol. The van der Waals surface area contributed by atoms with Gasteiger partial charge in [0, 0.05) is 19.2 Å². The fraction of sp³-hybridized carbons (Fsp3) is 0.600. The monoisotopic (exact) mass is 285 g/mol. The van der Waals surface area contributed by atoms with Gasteiger partial charge in [-0.25, -0.2) is 4.39 Å². The molecular weight excluding hydrogens is 261 g/mol. The van der Waals surface area contributed by atoms with Crippen molar-refractivity contribution in [3.63, 3.8) is 0 Å². The summed E-state index contributed by atoms with van der Waals surface area (Å²) in [7, 11) is 0. The Morgan fingerprint density at radius 2 is 2.05 bits per heavy atom. The molecule has 0 saturated carbocycles. The quantitative estimate of drug-likeness (QED) is 0.645. The van der Waals surface area contributed by atoms with Crippen LogP contribution in [-0.4, -0.2) is 44.2 Å². The normalized spacial score (nSPS) is 14.2. The van der Waals surface area contributed by atoms with Crippen molar-refractivity contribution in [2.45, 2.75) is 26.0 Å². The molecular formula is C15H24FNO3. The van der Waals surface area contributed by atoms with Gasteiger partial charge < -0.3 is 19.9 Å². The third-order valence-corrected chi connectivity index (χ3v) is 2.89. The van der Waals surface area contributed by atoms with E-state index in [1.54, 1.807) is 6.07 Å². The fourth-order valence-electron chi connectivity index (χ4n) is 1.75. The summed E-state index contributed by atoms with van der Waals surface area (Å²) in [5.41, 5.74) is 0.856. The van der Waals surface area contributed by atoms with Crippen molar-refractivity contribution in [2.75, 3.05) is 33.0 Å². The molecule has 0 radical (unpaired) electrons. The summed E-state index contributed by atoms with van der Waals surface area (Å²) >= 11 is 0.